The molecule has 104 valence electrons. The summed E-state index contributed by atoms with van der Waals surface area (Å²) in [7, 11) is 1.56. The molecule has 0 N–H and O–H groups in total. The van der Waals surface area contributed by atoms with Crippen LogP contribution in [0.3, 0.4) is 0 Å². The summed E-state index contributed by atoms with van der Waals surface area (Å²) in [5.74, 6) is 0.00361. The third-order valence-corrected chi connectivity index (χ3v) is 3.20. The first-order valence-electron chi connectivity index (χ1n) is 6.33. The fourth-order valence-corrected chi connectivity index (χ4v) is 2.20. The van der Waals surface area contributed by atoms with Crippen LogP contribution in [-0.2, 0) is 4.79 Å². The number of benzene rings is 1. The molecule has 0 aromatic heterocycles. The van der Waals surface area contributed by atoms with Crippen LogP contribution in [0.25, 0.3) is 0 Å². The molecule has 5 nitrogen and oxygen atoms in total. The number of hydrogen-bond acceptors (Lipinski definition) is 4. The molecule has 0 amide bonds. The van der Waals surface area contributed by atoms with Gasteiger partial charge in [0.2, 0.25) is 6.54 Å². The van der Waals surface area contributed by atoms with E-state index in [1.165, 1.54) is 0 Å². The fourth-order valence-electron chi connectivity index (χ4n) is 2.20. The van der Waals surface area contributed by atoms with Crippen molar-refractivity contribution in [1.82, 2.24) is 0 Å². The summed E-state index contributed by atoms with van der Waals surface area (Å²) < 4.78 is 5.06. The van der Waals surface area contributed by atoms with E-state index in [0.29, 0.717) is 12.2 Å². The molecule has 1 aromatic carbocycles. The molecule has 1 rings (SSSR count). The normalized spacial score (nSPS) is 13.6. The van der Waals surface area contributed by atoms with Gasteiger partial charge in [0.15, 0.2) is 0 Å². The minimum Gasteiger partial charge on any atom is -0.497 e. The van der Waals surface area contributed by atoms with Gasteiger partial charge in [0.25, 0.3) is 0 Å². The van der Waals surface area contributed by atoms with Gasteiger partial charge in [-0.2, -0.15) is 0 Å². The molecule has 0 spiro atoms. The summed E-state index contributed by atoms with van der Waals surface area (Å²) in [6.07, 6.45) is 2.32. The second-order valence-corrected chi connectivity index (χ2v) is 4.48. The molecular formula is C14H19NO4. The van der Waals surface area contributed by atoms with Gasteiger partial charge in [-0.05, 0) is 24.1 Å². The van der Waals surface area contributed by atoms with Crippen LogP contribution in [0, 0.1) is 16.0 Å². The Morgan fingerprint density at radius 3 is 2.42 bits per heavy atom. The Balaban J connectivity index is 2.99. The van der Waals surface area contributed by atoms with Crippen LogP contribution in [0.15, 0.2) is 24.3 Å². The van der Waals surface area contributed by atoms with Gasteiger partial charge in [0, 0.05) is 10.8 Å². The third kappa shape index (κ3) is 4.35. The van der Waals surface area contributed by atoms with E-state index >= 15 is 0 Å². The van der Waals surface area contributed by atoms with Crippen LogP contribution < -0.4 is 4.74 Å². The highest BCUT2D eigenvalue weighted by molar-refractivity contribution is 5.56. The standard InChI is InChI=1S/C14H19NO4/c1-3-4-12(10-16)14(9-15(17)18)11-5-7-13(19-2)8-6-11/h5-8,10,12,14H,3-4,9H2,1-2H3/t12-,14+/m0/s1. The average Bonchev–Trinajstić information content (AvgIpc) is 2.42. The van der Waals surface area contributed by atoms with Crippen molar-refractivity contribution in [3.05, 3.63) is 39.9 Å². The van der Waals surface area contributed by atoms with E-state index in [4.69, 9.17) is 4.74 Å². The summed E-state index contributed by atoms with van der Waals surface area (Å²) >= 11 is 0. The predicted molar refractivity (Wildman–Crippen MR) is 72.1 cm³/mol. The minimum atomic E-state index is -0.377. The summed E-state index contributed by atoms with van der Waals surface area (Å²) in [5, 5.41) is 10.8. The molecular weight excluding hydrogens is 246 g/mol. The summed E-state index contributed by atoms with van der Waals surface area (Å²) in [4.78, 5) is 21.6. The minimum absolute atomic E-state index is 0.226. The van der Waals surface area contributed by atoms with E-state index in [-0.39, 0.29) is 23.3 Å². The molecule has 19 heavy (non-hydrogen) atoms. The zero-order valence-electron chi connectivity index (χ0n) is 11.2. The van der Waals surface area contributed by atoms with Crippen molar-refractivity contribution in [3.8, 4) is 5.75 Å². The smallest absolute Gasteiger partial charge is 0.211 e. The number of carbonyl (C=O) groups is 1. The predicted octanol–water partition coefficient (Wildman–Crippen LogP) is 2.67. The lowest BCUT2D eigenvalue weighted by Crippen LogP contribution is -2.22. The van der Waals surface area contributed by atoms with Crippen LogP contribution in [0.4, 0.5) is 0 Å². The number of nitro groups is 1. The highest BCUT2D eigenvalue weighted by Gasteiger charge is 2.27. The van der Waals surface area contributed by atoms with Gasteiger partial charge in [0.05, 0.1) is 13.0 Å². The first-order valence-corrected chi connectivity index (χ1v) is 6.33. The van der Waals surface area contributed by atoms with Gasteiger partial charge < -0.3 is 9.53 Å². The largest absolute Gasteiger partial charge is 0.497 e. The van der Waals surface area contributed by atoms with Crippen molar-refractivity contribution in [2.45, 2.75) is 25.7 Å². The van der Waals surface area contributed by atoms with Crippen molar-refractivity contribution in [3.63, 3.8) is 0 Å². The lowest BCUT2D eigenvalue weighted by molar-refractivity contribution is -0.484. The van der Waals surface area contributed by atoms with E-state index in [2.05, 4.69) is 0 Å². The molecule has 0 aliphatic heterocycles. The second kappa shape index (κ2) is 7.51. The molecule has 2 atom stereocenters. The number of carbonyl (C=O) groups excluding carboxylic acids is 1. The Morgan fingerprint density at radius 2 is 2.00 bits per heavy atom. The highest BCUT2D eigenvalue weighted by atomic mass is 16.6. The van der Waals surface area contributed by atoms with Gasteiger partial charge in [0.1, 0.15) is 12.0 Å². The maximum absolute atomic E-state index is 11.2. The number of rotatable bonds is 8. The molecule has 0 unspecified atom stereocenters. The van der Waals surface area contributed by atoms with Crippen LogP contribution in [0.1, 0.15) is 31.2 Å². The summed E-state index contributed by atoms with van der Waals surface area (Å²) in [6.45, 7) is 1.74. The molecule has 0 heterocycles. The Morgan fingerprint density at radius 1 is 1.37 bits per heavy atom. The van der Waals surface area contributed by atoms with Crippen molar-refractivity contribution in [1.29, 1.82) is 0 Å². The number of aldehydes is 1. The van der Waals surface area contributed by atoms with E-state index < -0.39 is 0 Å². The van der Waals surface area contributed by atoms with Crippen LogP contribution in [0.5, 0.6) is 5.75 Å². The molecule has 1 aromatic rings. The highest BCUT2D eigenvalue weighted by Crippen LogP contribution is 2.28. The van der Waals surface area contributed by atoms with Gasteiger partial charge in [-0.3, -0.25) is 10.1 Å². The molecule has 0 saturated heterocycles. The zero-order valence-corrected chi connectivity index (χ0v) is 11.2. The van der Waals surface area contributed by atoms with E-state index in [9.17, 15) is 14.9 Å². The molecule has 0 fully saturated rings. The van der Waals surface area contributed by atoms with E-state index in [0.717, 1.165) is 18.3 Å². The summed E-state index contributed by atoms with van der Waals surface area (Å²) in [6, 6.07) is 7.10. The van der Waals surface area contributed by atoms with Gasteiger partial charge in [-0.15, -0.1) is 0 Å². The van der Waals surface area contributed by atoms with Crippen molar-refractivity contribution in [2.24, 2.45) is 5.92 Å². The van der Waals surface area contributed by atoms with Gasteiger partial charge >= 0.3 is 0 Å². The van der Waals surface area contributed by atoms with Crippen LogP contribution in [-0.4, -0.2) is 24.9 Å². The quantitative estimate of drug-likeness (QED) is 0.411. The maximum Gasteiger partial charge on any atom is 0.211 e. The Kier molecular flexibility index (Phi) is 5.99. The number of nitrogens with zero attached hydrogens (tertiary/aromatic N) is 1. The first kappa shape index (κ1) is 15.1. The first-order chi connectivity index (χ1) is 9.12. The SMILES string of the molecule is CCC[C@@H](C=O)[C@H](C[N+](=O)[O-])c1ccc(OC)cc1. The number of hydrogen-bond donors (Lipinski definition) is 0. The maximum atomic E-state index is 11.2. The van der Waals surface area contributed by atoms with Crippen LogP contribution >= 0.6 is 0 Å². The Labute approximate surface area is 112 Å². The Hall–Kier alpha value is -1.91. The van der Waals surface area contributed by atoms with Crippen LogP contribution in [0.2, 0.25) is 0 Å². The Bertz CT molecular complexity index is 416. The number of ether oxygens (including phenoxy) is 1. The van der Waals surface area contributed by atoms with Gasteiger partial charge in [-0.1, -0.05) is 25.5 Å². The van der Waals surface area contributed by atoms with E-state index in [1.54, 1.807) is 31.4 Å². The lowest BCUT2D eigenvalue weighted by atomic mass is 9.84. The molecule has 0 radical (unpaired) electrons. The second-order valence-electron chi connectivity index (χ2n) is 4.48. The van der Waals surface area contributed by atoms with Crippen molar-refractivity contribution in [2.75, 3.05) is 13.7 Å². The molecule has 0 aliphatic rings. The monoisotopic (exact) mass is 265 g/mol. The van der Waals surface area contributed by atoms with Crippen molar-refractivity contribution < 1.29 is 14.5 Å². The fraction of sp³-hybridized carbons (Fsp3) is 0.500. The topological polar surface area (TPSA) is 69.4 Å². The van der Waals surface area contributed by atoms with Crippen molar-refractivity contribution >= 4 is 6.29 Å². The lowest BCUT2D eigenvalue weighted by Gasteiger charge is -2.19. The molecule has 0 aliphatic carbocycles. The molecule has 0 saturated carbocycles. The zero-order chi connectivity index (χ0) is 14.3. The average molecular weight is 265 g/mol. The number of methoxy groups -OCH3 is 1. The molecule has 5 heteroatoms. The summed E-state index contributed by atoms with van der Waals surface area (Å²) in [5.41, 5.74) is 0.808. The molecule has 0 bridgehead atoms. The van der Waals surface area contributed by atoms with Gasteiger partial charge in [-0.25, -0.2) is 0 Å². The van der Waals surface area contributed by atoms with E-state index in [1.807, 2.05) is 6.92 Å². The third-order valence-electron chi connectivity index (χ3n) is 3.20.